The molecule has 0 atom stereocenters. The van der Waals surface area contributed by atoms with E-state index in [1.54, 1.807) is 0 Å². The molecule has 142 valence electrons. The number of anilines is 1. The Morgan fingerprint density at radius 3 is 2.52 bits per heavy atom. The Hall–Kier alpha value is -2.69. The molecule has 1 fully saturated rings. The van der Waals surface area contributed by atoms with Crippen molar-refractivity contribution < 1.29 is 14.3 Å². The molecule has 2 aliphatic heterocycles. The van der Waals surface area contributed by atoms with E-state index >= 15 is 0 Å². The van der Waals surface area contributed by atoms with E-state index in [1.807, 2.05) is 23.1 Å². The van der Waals surface area contributed by atoms with Crippen LogP contribution in [0, 0.1) is 5.92 Å². The molecule has 0 spiro atoms. The van der Waals surface area contributed by atoms with Crippen molar-refractivity contribution in [1.82, 2.24) is 4.90 Å². The fourth-order valence-corrected chi connectivity index (χ4v) is 3.78. The number of carbonyl (C=O) groups excluding carboxylic acids is 1. The molecule has 0 unspecified atom stereocenters. The second-order valence-corrected chi connectivity index (χ2v) is 7.23. The molecule has 0 saturated carbocycles. The van der Waals surface area contributed by atoms with Crippen LogP contribution in [-0.4, -0.2) is 43.7 Å². The number of likely N-dealkylation sites (tertiary alicyclic amines) is 1. The highest BCUT2D eigenvalue weighted by atomic mass is 16.6. The summed E-state index contributed by atoms with van der Waals surface area (Å²) in [5, 5.41) is 3.22. The standard InChI is InChI=1S/C22H26N2O3/c25-22(16-23-19-6-7-20-21(15-19)27-13-12-26-20)24-10-8-18(9-11-24)14-17-4-2-1-3-5-17/h1-7,15,18,23H,8-14,16H2. The second kappa shape index (κ2) is 8.33. The summed E-state index contributed by atoms with van der Waals surface area (Å²) in [6, 6.07) is 16.3. The number of piperidine rings is 1. The molecule has 0 aromatic heterocycles. The molecule has 0 bridgehead atoms. The van der Waals surface area contributed by atoms with Crippen LogP contribution in [0.5, 0.6) is 11.5 Å². The van der Waals surface area contributed by atoms with Gasteiger partial charge in [-0.2, -0.15) is 0 Å². The number of fused-ring (bicyclic) bond motifs is 1. The predicted molar refractivity (Wildman–Crippen MR) is 105 cm³/mol. The van der Waals surface area contributed by atoms with Crippen molar-refractivity contribution in [2.75, 3.05) is 38.2 Å². The molecule has 2 heterocycles. The third-order valence-corrected chi connectivity index (χ3v) is 5.32. The highest BCUT2D eigenvalue weighted by Gasteiger charge is 2.23. The molecule has 1 N–H and O–H groups in total. The number of nitrogens with one attached hydrogen (secondary N) is 1. The van der Waals surface area contributed by atoms with E-state index in [9.17, 15) is 4.79 Å². The van der Waals surface area contributed by atoms with E-state index in [0.29, 0.717) is 25.7 Å². The van der Waals surface area contributed by atoms with Crippen LogP contribution in [-0.2, 0) is 11.2 Å². The molecule has 5 nitrogen and oxygen atoms in total. The van der Waals surface area contributed by atoms with Crippen LogP contribution in [0.2, 0.25) is 0 Å². The first-order valence-electron chi connectivity index (χ1n) is 9.73. The summed E-state index contributed by atoms with van der Waals surface area (Å²) in [6.45, 7) is 3.15. The van der Waals surface area contributed by atoms with Crippen LogP contribution < -0.4 is 14.8 Å². The Balaban J connectivity index is 1.24. The summed E-state index contributed by atoms with van der Waals surface area (Å²) in [5.74, 6) is 2.32. The predicted octanol–water partition coefficient (Wildman–Crippen LogP) is 3.35. The molecule has 2 aromatic rings. The fraction of sp³-hybridized carbons (Fsp3) is 0.409. The van der Waals surface area contributed by atoms with E-state index < -0.39 is 0 Å². The van der Waals surface area contributed by atoms with Gasteiger partial charge in [-0.3, -0.25) is 4.79 Å². The minimum absolute atomic E-state index is 0.156. The lowest BCUT2D eigenvalue weighted by Crippen LogP contribution is -2.41. The van der Waals surface area contributed by atoms with Crippen molar-refractivity contribution >= 4 is 11.6 Å². The fourth-order valence-electron chi connectivity index (χ4n) is 3.78. The topological polar surface area (TPSA) is 50.8 Å². The first-order valence-corrected chi connectivity index (χ1v) is 9.73. The lowest BCUT2D eigenvalue weighted by molar-refractivity contribution is -0.130. The van der Waals surface area contributed by atoms with Crippen molar-refractivity contribution in [2.24, 2.45) is 5.92 Å². The van der Waals surface area contributed by atoms with Gasteiger partial charge in [0, 0.05) is 24.8 Å². The van der Waals surface area contributed by atoms with E-state index in [4.69, 9.17) is 9.47 Å². The van der Waals surface area contributed by atoms with Crippen LogP contribution in [0.1, 0.15) is 18.4 Å². The Morgan fingerprint density at radius 2 is 1.74 bits per heavy atom. The highest BCUT2D eigenvalue weighted by Crippen LogP contribution is 2.32. The molecular formula is C22H26N2O3. The Labute approximate surface area is 160 Å². The first-order chi connectivity index (χ1) is 13.3. The molecule has 2 aliphatic rings. The lowest BCUT2D eigenvalue weighted by atomic mass is 9.90. The molecule has 0 radical (unpaired) electrons. The smallest absolute Gasteiger partial charge is 0.241 e. The zero-order valence-corrected chi connectivity index (χ0v) is 15.5. The minimum Gasteiger partial charge on any atom is -0.486 e. The van der Waals surface area contributed by atoms with Gasteiger partial charge < -0.3 is 19.7 Å². The number of benzene rings is 2. The summed E-state index contributed by atoms with van der Waals surface area (Å²) in [5.41, 5.74) is 2.27. The number of hydrogen-bond donors (Lipinski definition) is 1. The van der Waals surface area contributed by atoms with Gasteiger partial charge in [-0.15, -0.1) is 0 Å². The molecule has 4 rings (SSSR count). The van der Waals surface area contributed by atoms with Crippen molar-refractivity contribution in [1.29, 1.82) is 0 Å². The normalized spacial score (nSPS) is 16.8. The van der Waals surface area contributed by atoms with Gasteiger partial charge >= 0.3 is 0 Å². The van der Waals surface area contributed by atoms with Gasteiger partial charge in [0.25, 0.3) is 0 Å². The molecule has 1 saturated heterocycles. The first kappa shape index (κ1) is 17.7. The van der Waals surface area contributed by atoms with E-state index in [-0.39, 0.29) is 5.91 Å². The summed E-state index contributed by atoms with van der Waals surface area (Å²) < 4.78 is 11.1. The maximum Gasteiger partial charge on any atom is 0.241 e. The molecule has 0 aliphatic carbocycles. The van der Waals surface area contributed by atoms with Gasteiger partial charge in [0.15, 0.2) is 11.5 Å². The Kier molecular flexibility index (Phi) is 5.47. The lowest BCUT2D eigenvalue weighted by Gasteiger charge is -2.32. The van der Waals surface area contributed by atoms with Gasteiger partial charge in [-0.05, 0) is 42.9 Å². The average Bonchev–Trinajstić information content (AvgIpc) is 2.73. The van der Waals surface area contributed by atoms with Gasteiger partial charge in [0.05, 0.1) is 6.54 Å². The summed E-state index contributed by atoms with van der Waals surface area (Å²) in [4.78, 5) is 14.5. The largest absolute Gasteiger partial charge is 0.486 e. The van der Waals surface area contributed by atoms with Gasteiger partial charge in [0.2, 0.25) is 5.91 Å². The van der Waals surface area contributed by atoms with Crippen LogP contribution in [0.25, 0.3) is 0 Å². The van der Waals surface area contributed by atoms with Crippen molar-refractivity contribution in [3.05, 3.63) is 54.1 Å². The van der Waals surface area contributed by atoms with Crippen molar-refractivity contribution in [2.45, 2.75) is 19.3 Å². The molecule has 2 aromatic carbocycles. The zero-order valence-electron chi connectivity index (χ0n) is 15.5. The van der Waals surface area contributed by atoms with Gasteiger partial charge in [0.1, 0.15) is 13.2 Å². The zero-order chi connectivity index (χ0) is 18.5. The Morgan fingerprint density at radius 1 is 1.00 bits per heavy atom. The maximum atomic E-state index is 12.5. The summed E-state index contributed by atoms with van der Waals surface area (Å²) >= 11 is 0. The molecular weight excluding hydrogens is 340 g/mol. The highest BCUT2D eigenvalue weighted by molar-refractivity contribution is 5.81. The second-order valence-electron chi connectivity index (χ2n) is 7.23. The monoisotopic (exact) mass is 366 g/mol. The maximum absolute atomic E-state index is 12.5. The third kappa shape index (κ3) is 4.54. The molecule has 5 heteroatoms. The number of rotatable bonds is 5. The van der Waals surface area contributed by atoms with E-state index in [0.717, 1.165) is 49.5 Å². The Bertz CT molecular complexity index is 770. The number of hydrogen-bond acceptors (Lipinski definition) is 4. The number of amides is 1. The van der Waals surface area contributed by atoms with E-state index in [1.165, 1.54) is 5.56 Å². The number of ether oxygens (including phenoxy) is 2. The summed E-state index contributed by atoms with van der Waals surface area (Å²) in [7, 11) is 0. The average molecular weight is 366 g/mol. The quantitative estimate of drug-likeness (QED) is 0.882. The molecule has 27 heavy (non-hydrogen) atoms. The minimum atomic E-state index is 0.156. The van der Waals surface area contributed by atoms with Crippen molar-refractivity contribution in [3.63, 3.8) is 0 Å². The van der Waals surface area contributed by atoms with Crippen LogP contribution >= 0.6 is 0 Å². The van der Waals surface area contributed by atoms with Gasteiger partial charge in [-0.1, -0.05) is 30.3 Å². The molecule has 1 amide bonds. The summed E-state index contributed by atoms with van der Waals surface area (Å²) in [6.07, 6.45) is 3.26. The van der Waals surface area contributed by atoms with Crippen LogP contribution in [0.15, 0.2) is 48.5 Å². The number of carbonyl (C=O) groups is 1. The van der Waals surface area contributed by atoms with Crippen LogP contribution in [0.3, 0.4) is 0 Å². The van der Waals surface area contributed by atoms with Crippen LogP contribution in [0.4, 0.5) is 5.69 Å². The van der Waals surface area contributed by atoms with Gasteiger partial charge in [-0.25, -0.2) is 0 Å². The van der Waals surface area contributed by atoms with E-state index in [2.05, 4.69) is 35.6 Å². The SMILES string of the molecule is O=C(CNc1ccc2c(c1)OCCO2)N1CCC(Cc2ccccc2)CC1. The number of nitrogens with zero attached hydrogens (tertiary/aromatic N) is 1. The van der Waals surface area contributed by atoms with Crippen molar-refractivity contribution in [3.8, 4) is 11.5 Å². The third-order valence-electron chi connectivity index (χ3n) is 5.32.